The number of phenolic OH excluding ortho intramolecular Hbond substituents is 2. The number of unbranched alkanes of at least 4 members (excludes halogenated alkanes) is 1. The number of nitrogens with zero attached hydrogens (tertiary/aromatic N) is 1. The van der Waals surface area contributed by atoms with Gasteiger partial charge in [-0.3, -0.25) is 9.69 Å². The van der Waals surface area contributed by atoms with Gasteiger partial charge in [0.25, 0.3) is 0 Å². The second-order valence-corrected chi connectivity index (χ2v) is 10.0. The number of benzene rings is 1. The fraction of sp³-hybridized carbons (Fsp3) is 0.708. The highest BCUT2D eigenvalue weighted by Gasteiger charge is 2.74. The number of hydrogen-bond donors (Lipinski definition) is 2. The number of phenols is 2. The molecule has 1 aromatic carbocycles. The van der Waals surface area contributed by atoms with Crippen LogP contribution in [-0.4, -0.2) is 58.3 Å². The van der Waals surface area contributed by atoms with Crippen LogP contribution in [0.2, 0.25) is 0 Å². The van der Waals surface area contributed by atoms with Gasteiger partial charge in [-0.2, -0.15) is 0 Å². The van der Waals surface area contributed by atoms with E-state index in [1.165, 1.54) is 18.9 Å². The Hall–Kier alpha value is -1.79. The third kappa shape index (κ3) is 2.24. The van der Waals surface area contributed by atoms with E-state index in [1.54, 1.807) is 0 Å². The maximum Gasteiger partial charge on any atom is 0.174 e. The van der Waals surface area contributed by atoms with Gasteiger partial charge < -0.3 is 19.7 Å². The maximum atomic E-state index is 13.1. The molecule has 2 heterocycles. The molecule has 3 aliphatic carbocycles. The molecule has 5 aliphatic rings. The van der Waals surface area contributed by atoms with Crippen molar-refractivity contribution in [2.45, 2.75) is 81.5 Å². The third-order valence-electron chi connectivity index (χ3n) is 8.48. The second kappa shape index (κ2) is 6.36. The van der Waals surface area contributed by atoms with E-state index in [2.05, 4.69) is 11.8 Å². The van der Waals surface area contributed by atoms with Crippen LogP contribution in [0.25, 0.3) is 0 Å². The van der Waals surface area contributed by atoms with E-state index in [1.807, 2.05) is 0 Å². The fourth-order valence-electron chi connectivity index (χ4n) is 7.00. The first-order valence-electron chi connectivity index (χ1n) is 11.7. The lowest BCUT2D eigenvalue weighted by molar-refractivity contribution is -0.214. The number of piperidine rings is 1. The third-order valence-corrected chi connectivity index (χ3v) is 8.48. The van der Waals surface area contributed by atoms with Gasteiger partial charge >= 0.3 is 0 Å². The summed E-state index contributed by atoms with van der Waals surface area (Å²) in [7, 11) is 0. The normalized spacial score (nSPS) is 36.5. The van der Waals surface area contributed by atoms with Crippen molar-refractivity contribution in [3.05, 3.63) is 17.2 Å². The van der Waals surface area contributed by atoms with Gasteiger partial charge in [-0.1, -0.05) is 13.3 Å². The molecule has 2 aliphatic heterocycles. The molecule has 6 rings (SSSR count). The summed E-state index contributed by atoms with van der Waals surface area (Å²) >= 11 is 0. The van der Waals surface area contributed by atoms with E-state index in [0.717, 1.165) is 49.4 Å². The average Bonchev–Trinajstić information content (AvgIpc) is 3.46. The van der Waals surface area contributed by atoms with Crippen LogP contribution < -0.4 is 4.74 Å². The second-order valence-electron chi connectivity index (χ2n) is 10.0. The Morgan fingerprint density at radius 1 is 1.27 bits per heavy atom. The molecule has 3 fully saturated rings. The zero-order valence-corrected chi connectivity index (χ0v) is 17.7. The van der Waals surface area contributed by atoms with Gasteiger partial charge in [0.05, 0.1) is 11.0 Å². The molecular formula is C24H31NO5. The summed E-state index contributed by atoms with van der Waals surface area (Å²) in [6, 6.07) is 1.51. The van der Waals surface area contributed by atoms with Gasteiger partial charge in [-0.25, -0.2) is 0 Å². The summed E-state index contributed by atoms with van der Waals surface area (Å²) in [5.41, 5.74) is 0.587. The standard InChI is InChI=1S/C24H31NO5/c1-2-3-10-29-24-7-6-16(26)22-23(24)8-9-25(13-14-4-5-14)19(24)11-15-17(27)12-18(28)21(30-22)20(15)23/h12,14,19,22,27-28H,2-11,13H2,1H3/t19-,22?,23+,24-/m1/s1. The Balaban J connectivity index is 1.56. The number of ether oxygens (including phenoxy) is 2. The number of likely N-dealkylation sites (tertiary alicyclic amines) is 1. The summed E-state index contributed by atoms with van der Waals surface area (Å²) in [6.45, 7) is 4.81. The summed E-state index contributed by atoms with van der Waals surface area (Å²) < 4.78 is 13.1. The molecule has 2 N–H and O–H groups in total. The molecule has 0 radical (unpaired) electrons. The number of hydrogen-bond acceptors (Lipinski definition) is 6. The first-order chi connectivity index (χ1) is 14.5. The zero-order chi connectivity index (χ0) is 20.7. The Morgan fingerprint density at radius 3 is 2.87 bits per heavy atom. The highest BCUT2D eigenvalue weighted by molar-refractivity contribution is 5.90. The molecular weight excluding hydrogens is 382 g/mol. The summed E-state index contributed by atoms with van der Waals surface area (Å²) in [5, 5.41) is 21.4. The van der Waals surface area contributed by atoms with Crippen LogP contribution in [0.1, 0.15) is 63.0 Å². The van der Waals surface area contributed by atoms with Crippen molar-refractivity contribution in [3.63, 3.8) is 0 Å². The first kappa shape index (κ1) is 18.9. The lowest BCUT2D eigenvalue weighted by atomic mass is 9.48. The van der Waals surface area contributed by atoms with Crippen LogP contribution in [0.5, 0.6) is 17.2 Å². The Labute approximate surface area is 177 Å². The minimum Gasteiger partial charge on any atom is -0.508 e. The van der Waals surface area contributed by atoms with Crippen molar-refractivity contribution < 1.29 is 24.5 Å². The van der Waals surface area contributed by atoms with Crippen molar-refractivity contribution >= 4 is 5.78 Å². The Kier molecular flexibility index (Phi) is 4.02. The van der Waals surface area contributed by atoms with E-state index >= 15 is 0 Å². The smallest absolute Gasteiger partial charge is 0.174 e. The van der Waals surface area contributed by atoms with Crippen LogP contribution in [0.4, 0.5) is 0 Å². The summed E-state index contributed by atoms with van der Waals surface area (Å²) in [6.07, 6.45) is 6.59. The number of ketones is 1. The van der Waals surface area contributed by atoms with E-state index in [9.17, 15) is 15.0 Å². The molecule has 162 valence electrons. The van der Waals surface area contributed by atoms with Crippen LogP contribution in [-0.2, 0) is 21.4 Å². The summed E-state index contributed by atoms with van der Waals surface area (Å²) in [4.78, 5) is 15.7. The molecule has 1 saturated heterocycles. The van der Waals surface area contributed by atoms with Crippen molar-refractivity contribution in [3.8, 4) is 17.2 Å². The predicted molar refractivity (Wildman–Crippen MR) is 110 cm³/mol. The lowest BCUT2D eigenvalue weighted by Gasteiger charge is -2.64. The highest BCUT2D eigenvalue weighted by Crippen LogP contribution is 2.67. The Bertz CT molecular complexity index is 911. The van der Waals surface area contributed by atoms with Gasteiger partial charge in [0.2, 0.25) is 0 Å². The first-order valence-corrected chi connectivity index (χ1v) is 11.7. The maximum absolute atomic E-state index is 13.1. The molecule has 6 nitrogen and oxygen atoms in total. The number of carbonyl (C=O) groups excluding carboxylic acids is 1. The average molecular weight is 414 g/mol. The van der Waals surface area contributed by atoms with Gasteiger partial charge in [0.15, 0.2) is 23.4 Å². The number of rotatable bonds is 6. The minimum atomic E-state index is -0.625. The number of aromatic hydroxyl groups is 2. The molecule has 6 heteroatoms. The molecule has 0 amide bonds. The van der Waals surface area contributed by atoms with Gasteiger partial charge in [0.1, 0.15) is 5.75 Å². The topological polar surface area (TPSA) is 79.2 Å². The SMILES string of the molecule is CCCCO[C@@]12CCC(=O)C3Oc4c(O)cc(O)c5c4[C@@]31CCN(CC1CC1)[C@@H]2C5. The molecule has 1 aromatic rings. The molecule has 1 spiro atoms. The molecule has 30 heavy (non-hydrogen) atoms. The van der Waals surface area contributed by atoms with Gasteiger partial charge in [0, 0.05) is 42.8 Å². The van der Waals surface area contributed by atoms with Gasteiger partial charge in [-0.15, -0.1) is 0 Å². The van der Waals surface area contributed by atoms with Crippen molar-refractivity contribution in [1.82, 2.24) is 4.90 Å². The Morgan fingerprint density at radius 2 is 2.10 bits per heavy atom. The van der Waals surface area contributed by atoms with Crippen LogP contribution in [0, 0.1) is 5.92 Å². The van der Waals surface area contributed by atoms with E-state index < -0.39 is 17.1 Å². The largest absolute Gasteiger partial charge is 0.508 e. The van der Waals surface area contributed by atoms with E-state index in [-0.39, 0.29) is 23.3 Å². The fourth-order valence-corrected chi connectivity index (χ4v) is 7.00. The van der Waals surface area contributed by atoms with Gasteiger partial charge in [-0.05, 0) is 51.0 Å². The molecule has 2 bridgehead atoms. The molecule has 2 saturated carbocycles. The van der Waals surface area contributed by atoms with Crippen molar-refractivity contribution in [2.24, 2.45) is 5.92 Å². The zero-order valence-electron chi connectivity index (χ0n) is 17.7. The van der Waals surface area contributed by atoms with Crippen molar-refractivity contribution in [1.29, 1.82) is 0 Å². The minimum absolute atomic E-state index is 0.0656. The highest BCUT2D eigenvalue weighted by atomic mass is 16.5. The van der Waals surface area contributed by atoms with Crippen LogP contribution in [0.15, 0.2) is 6.07 Å². The number of Topliss-reactive ketones (excluding diaryl/α,β-unsaturated/α-hetero) is 1. The van der Waals surface area contributed by atoms with E-state index in [4.69, 9.17) is 9.47 Å². The monoisotopic (exact) mass is 413 g/mol. The lowest BCUT2D eigenvalue weighted by Crippen LogP contribution is -2.77. The number of carbonyl (C=O) groups is 1. The van der Waals surface area contributed by atoms with Crippen LogP contribution >= 0.6 is 0 Å². The van der Waals surface area contributed by atoms with Crippen LogP contribution in [0.3, 0.4) is 0 Å². The summed E-state index contributed by atoms with van der Waals surface area (Å²) in [5.74, 6) is 1.32. The molecule has 4 atom stereocenters. The quantitative estimate of drug-likeness (QED) is 0.698. The molecule has 0 aromatic heterocycles. The molecule has 1 unspecified atom stereocenters. The van der Waals surface area contributed by atoms with E-state index in [0.29, 0.717) is 31.6 Å². The van der Waals surface area contributed by atoms with Crippen molar-refractivity contribution in [2.75, 3.05) is 19.7 Å². The predicted octanol–water partition coefficient (Wildman–Crippen LogP) is 3.06.